The standard InChI is InChI=1S/C9H7BrN2O2/c1-5-2-3-6(7(10)4-5)8-11-12-9(13)14-8/h2-4H,1H3,(H,12,13). The molecule has 0 amide bonds. The summed E-state index contributed by atoms with van der Waals surface area (Å²) in [6.45, 7) is 1.98. The van der Waals surface area contributed by atoms with Gasteiger partial charge < -0.3 is 4.42 Å². The van der Waals surface area contributed by atoms with Crippen molar-refractivity contribution in [3.8, 4) is 11.5 Å². The van der Waals surface area contributed by atoms with Gasteiger partial charge in [-0.05, 0) is 40.5 Å². The number of aromatic nitrogens is 2. The van der Waals surface area contributed by atoms with Gasteiger partial charge in [0.1, 0.15) is 0 Å². The molecule has 1 heterocycles. The van der Waals surface area contributed by atoms with Crippen LogP contribution in [0.15, 0.2) is 31.9 Å². The van der Waals surface area contributed by atoms with Crippen LogP contribution in [-0.4, -0.2) is 10.2 Å². The minimum absolute atomic E-state index is 0.293. The van der Waals surface area contributed by atoms with Crippen LogP contribution in [0.2, 0.25) is 0 Å². The Hall–Kier alpha value is -1.36. The number of hydrogen-bond acceptors (Lipinski definition) is 3. The van der Waals surface area contributed by atoms with Gasteiger partial charge in [0, 0.05) is 4.47 Å². The van der Waals surface area contributed by atoms with E-state index in [1.807, 2.05) is 25.1 Å². The molecule has 1 aromatic heterocycles. The van der Waals surface area contributed by atoms with Crippen LogP contribution in [0.5, 0.6) is 0 Å². The first kappa shape index (κ1) is 9.21. The first-order valence-electron chi connectivity index (χ1n) is 3.99. The summed E-state index contributed by atoms with van der Waals surface area (Å²) >= 11 is 3.38. The van der Waals surface area contributed by atoms with Crippen molar-refractivity contribution >= 4 is 15.9 Å². The SMILES string of the molecule is Cc1ccc(-c2n[nH]c(=O)o2)c(Br)c1. The van der Waals surface area contributed by atoms with E-state index in [0.717, 1.165) is 15.6 Å². The minimum Gasteiger partial charge on any atom is -0.388 e. The lowest BCUT2D eigenvalue weighted by Crippen LogP contribution is -1.93. The second-order valence-electron chi connectivity index (χ2n) is 2.90. The van der Waals surface area contributed by atoms with Gasteiger partial charge in [0.2, 0.25) is 5.89 Å². The van der Waals surface area contributed by atoms with Gasteiger partial charge in [0.15, 0.2) is 0 Å². The Bertz CT molecular complexity index is 516. The lowest BCUT2D eigenvalue weighted by molar-refractivity contribution is 0.526. The molecule has 0 bridgehead atoms. The summed E-state index contributed by atoms with van der Waals surface area (Å²) in [5.74, 6) is -0.255. The Morgan fingerprint density at radius 1 is 1.50 bits per heavy atom. The fourth-order valence-electron chi connectivity index (χ4n) is 1.14. The number of H-pyrrole nitrogens is 1. The van der Waals surface area contributed by atoms with Crippen molar-refractivity contribution in [2.45, 2.75) is 6.92 Å². The van der Waals surface area contributed by atoms with Gasteiger partial charge in [-0.15, -0.1) is 5.10 Å². The molecular formula is C9H7BrN2O2. The largest absolute Gasteiger partial charge is 0.434 e. The highest BCUT2D eigenvalue weighted by molar-refractivity contribution is 9.10. The Balaban J connectivity index is 2.57. The summed E-state index contributed by atoms with van der Waals surface area (Å²) < 4.78 is 5.69. The van der Waals surface area contributed by atoms with Crippen molar-refractivity contribution in [3.05, 3.63) is 38.8 Å². The zero-order chi connectivity index (χ0) is 10.1. The lowest BCUT2D eigenvalue weighted by atomic mass is 10.1. The van der Waals surface area contributed by atoms with Crippen molar-refractivity contribution in [2.75, 3.05) is 0 Å². The van der Waals surface area contributed by atoms with Gasteiger partial charge in [-0.3, -0.25) is 0 Å². The summed E-state index contributed by atoms with van der Waals surface area (Å²) in [5, 5.41) is 5.96. The summed E-state index contributed by atoms with van der Waals surface area (Å²) in [6.07, 6.45) is 0. The van der Waals surface area contributed by atoms with E-state index < -0.39 is 5.76 Å². The highest BCUT2D eigenvalue weighted by Crippen LogP contribution is 2.26. The molecule has 0 radical (unpaired) electrons. The maximum atomic E-state index is 10.7. The number of hydrogen-bond donors (Lipinski definition) is 1. The Morgan fingerprint density at radius 3 is 2.86 bits per heavy atom. The highest BCUT2D eigenvalue weighted by Gasteiger charge is 2.08. The normalized spacial score (nSPS) is 10.4. The summed E-state index contributed by atoms with van der Waals surface area (Å²) in [4.78, 5) is 10.7. The molecule has 0 unspecified atom stereocenters. The summed E-state index contributed by atoms with van der Waals surface area (Å²) in [7, 11) is 0. The van der Waals surface area contributed by atoms with Crippen molar-refractivity contribution in [3.63, 3.8) is 0 Å². The van der Waals surface area contributed by atoms with Crippen LogP contribution in [0.25, 0.3) is 11.5 Å². The molecule has 0 saturated carbocycles. The first-order chi connectivity index (χ1) is 6.66. The molecule has 72 valence electrons. The monoisotopic (exact) mass is 254 g/mol. The smallest absolute Gasteiger partial charge is 0.388 e. The van der Waals surface area contributed by atoms with Crippen LogP contribution in [0.1, 0.15) is 5.56 Å². The van der Waals surface area contributed by atoms with E-state index in [4.69, 9.17) is 4.42 Å². The number of aromatic amines is 1. The van der Waals surface area contributed by atoms with Crippen LogP contribution in [0.4, 0.5) is 0 Å². The molecule has 4 nitrogen and oxygen atoms in total. The van der Waals surface area contributed by atoms with Crippen LogP contribution in [-0.2, 0) is 0 Å². The van der Waals surface area contributed by atoms with Crippen LogP contribution < -0.4 is 5.76 Å². The van der Waals surface area contributed by atoms with Crippen molar-refractivity contribution < 1.29 is 4.42 Å². The third kappa shape index (κ3) is 1.63. The molecule has 0 spiro atoms. The van der Waals surface area contributed by atoms with Crippen molar-refractivity contribution in [2.24, 2.45) is 0 Å². The quantitative estimate of drug-likeness (QED) is 0.848. The second-order valence-corrected chi connectivity index (χ2v) is 3.76. The minimum atomic E-state index is -0.549. The molecule has 0 aliphatic carbocycles. The summed E-state index contributed by atoms with van der Waals surface area (Å²) in [5.41, 5.74) is 1.88. The highest BCUT2D eigenvalue weighted by atomic mass is 79.9. The molecule has 0 aliphatic heterocycles. The number of halogens is 1. The first-order valence-corrected chi connectivity index (χ1v) is 4.78. The zero-order valence-corrected chi connectivity index (χ0v) is 8.96. The Kier molecular flexibility index (Phi) is 2.25. The third-order valence-corrected chi connectivity index (χ3v) is 2.45. The predicted molar refractivity (Wildman–Crippen MR) is 55.0 cm³/mol. The van der Waals surface area contributed by atoms with Gasteiger partial charge in [-0.1, -0.05) is 6.07 Å². The van der Waals surface area contributed by atoms with E-state index in [0.29, 0.717) is 5.89 Å². The number of nitrogens with zero attached hydrogens (tertiary/aromatic N) is 1. The molecule has 0 fully saturated rings. The number of rotatable bonds is 1. The predicted octanol–water partition coefficient (Wildman–Crippen LogP) is 2.10. The van der Waals surface area contributed by atoms with Gasteiger partial charge >= 0.3 is 5.76 Å². The molecule has 0 aliphatic rings. The average molecular weight is 255 g/mol. The number of nitrogens with one attached hydrogen (secondary N) is 1. The van der Waals surface area contributed by atoms with Gasteiger partial charge in [-0.25, -0.2) is 9.89 Å². The number of aryl methyl sites for hydroxylation is 1. The van der Waals surface area contributed by atoms with Gasteiger partial charge in [-0.2, -0.15) is 0 Å². The molecule has 0 saturated heterocycles. The summed E-state index contributed by atoms with van der Waals surface area (Å²) in [6, 6.07) is 5.71. The van der Waals surface area contributed by atoms with E-state index in [2.05, 4.69) is 26.1 Å². The van der Waals surface area contributed by atoms with Crippen molar-refractivity contribution in [1.82, 2.24) is 10.2 Å². The molecule has 5 heteroatoms. The van der Waals surface area contributed by atoms with E-state index in [1.165, 1.54) is 0 Å². The fourth-order valence-corrected chi connectivity index (χ4v) is 1.80. The average Bonchev–Trinajstić information content (AvgIpc) is 2.51. The van der Waals surface area contributed by atoms with E-state index >= 15 is 0 Å². The topological polar surface area (TPSA) is 58.9 Å². The van der Waals surface area contributed by atoms with Crippen LogP contribution in [0.3, 0.4) is 0 Å². The molecular weight excluding hydrogens is 248 g/mol. The van der Waals surface area contributed by atoms with E-state index in [-0.39, 0.29) is 0 Å². The molecule has 1 N–H and O–H groups in total. The molecule has 0 atom stereocenters. The number of benzene rings is 1. The molecule has 14 heavy (non-hydrogen) atoms. The second kappa shape index (κ2) is 3.42. The van der Waals surface area contributed by atoms with Gasteiger partial charge in [0.05, 0.1) is 5.56 Å². The molecule has 2 aromatic rings. The van der Waals surface area contributed by atoms with E-state index in [9.17, 15) is 4.79 Å². The van der Waals surface area contributed by atoms with Crippen LogP contribution in [0, 0.1) is 6.92 Å². The van der Waals surface area contributed by atoms with E-state index in [1.54, 1.807) is 0 Å². The van der Waals surface area contributed by atoms with Gasteiger partial charge in [0.25, 0.3) is 0 Å². The third-order valence-electron chi connectivity index (χ3n) is 1.79. The Morgan fingerprint density at radius 2 is 2.29 bits per heavy atom. The maximum Gasteiger partial charge on any atom is 0.434 e. The lowest BCUT2D eigenvalue weighted by Gasteiger charge is -1.99. The Labute approximate surface area is 88.1 Å². The fraction of sp³-hybridized carbons (Fsp3) is 0.111. The zero-order valence-electron chi connectivity index (χ0n) is 7.37. The molecule has 1 aromatic carbocycles. The molecule has 2 rings (SSSR count). The maximum absolute atomic E-state index is 10.7. The van der Waals surface area contributed by atoms with Crippen LogP contribution >= 0.6 is 15.9 Å². The van der Waals surface area contributed by atoms with Crippen molar-refractivity contribution in [1.29, 1.82) is 0 Å².